The minimum Gasteiger partial charge on any atom is -0.392 e. The van der Waals surface area contributed by atoms with Crippen molar-refractivity contribution in [3.05, 3.63) is 53.5 Å². The molecule has 3 N–H and O–H groups in total. The van der Waals surface area contributed by atoms with Crippen LogP contribution in [0.15, 0.2) is 41.8 Å². The van der Waals surface area contributed by atoms with E-state index >= 15 is 0 Å². The summed E-state index contributed by atoms with van der Waals surface area (Å²) in [5, 5.41) is 21.2. The Morgan fingerprint density at radius 1 is 1.02 bits per heavy atom. The summed E-state index contributed by atoms with van der Waals surface area (Å²) in [7, 11) is 0. The van der Waals surface area contributed by atoms with E-state index in [0.717, 1.165) is 58.0 Å². The molecule has 0 spiro atoms. The number of aliphatic hydroxyl groups is 1. The second-order valence-electron chi connectivity index (χ2n) is 12.4. The molecule has 2 aromatic rings. The fourth-order valence-electron chi connectivity index (χ4n) is 6.30. The first-order chi connectivity index (χ1) is 21.0. The van der Waals surface area contributed by atoms with Gasteiger partial charge in [0.15, 0.2) is 0 Å². The van der Waals surface area contributed by atoms with Crippen LogP contribution in [0.25, 0.3) is 0 Å². The molecule has 1 saturated heterocycles. The lowest BCUT2D eigenvalue weighted by molar-refractivity contribution is -0.125. The Balaban J connectivity index is 0.942. The monoisotopic (exact) mass is 589 g/mol. The third kappa shape index (κ3) is 7.88. The van der Waals surface area contributed by atoms with Crippen molar-refractivity contribution in [1.29, 1.82) is 0 Å². The Kier molecular flexibility index (Phi) is 9.48. The van der Waals surface area contributed by atoms with Gasteiger partial charge in [-0.25, -0.2) is 9.97 Å². The maximum Gasteiger partial charge on any atom is 0.271 e. The number of oxime groups is 1. The van der Waals surface area contributed by atoms with E-state index in [2.05, 4.69) is 48.9 Å². The Hall–Kier alpha value is -3.57. The first-order valence-corrected chi connectivity index (χ1v) is 15.9. The highest BCUT2D eigenvalue weighted by Crippen LogP contribution is 2.33. The molecule has 0 radical (unpaired) electrons. The van der Waals surface area contributed by atoms with E-state index in [9.17, 15) is 14.7 Å². The van der Waals surface area contributed by atoms with Gasteiger partial charge < -0.3 is 25.5 Å². The molecule has 1 aromatic heterocycles. The van der Waals surface area contributed by atoms with Crippen LogP contribution in [0.5, 0.6) is 0 Å². The SMILES string of the molecule is O=C(NC[C@H](O)CN1CCc2ccccc2C1)c1cc(NC2CCN(C(=O)/C(=N/OC3CCCC3)C3CC3)CC2)ncn1. The van der Waals surface area contributed by atoms with Crippen LogP contribution in [-0.2, 0) is 22.6 Å². The van der Waals surface area contributed by atoms with Gasteiger partial charge in [-0.3, -0.25) is 14.5 Å². The number of anilines is 1. The highest BCUT2D eigenvalue weighted by Gasteiger charge is 2.37. The second-order valence-corrected chi connectivity index (χ2v) is 12.4. The van der Waals surface area contributed by atoms with Gasteiger partial charge in [0.05, 0.1) is 6.10 Å². The molecule has 1 atom stereocenters. The Morgan fingerprint density at radius 2 is 1.79 bits per heavy atom. The number of carbonyl (C=O) groups excluding carboxylic acids is 2. The van der Waals surface area contributed by atoms with Crippen LogP contribution < -0.4 is 10.6 Å². The van der Waals surface area contributed by atoms with E-state index in [0.29, 0.717) is 31.2 Å². The fraction of sp³-hybridized carbons (Fsp3) is 0.594. The number of nitrogens with one attached hydrogen (secondary N) is 2. The topological polar surface area (TPSA) is 132 Å². The molecular formula is C32H43N7O4. The molecule has 0 bridgehead atoms. The Morgan fingerprint density at radius 3 is 2.56 bits per heavy atom. The van der Waals surface area contributed by atoms with Crippen LogP contribution in [0.3, 0.4) is 0 Å². The zero-order chi connectivity index (χ0) is 29.6. The van der Waals surface area contributed by atoms with Crippen LogP contribution in [-0.4, -0.2) is 93.4 Å². The predicted octanol–water partition coefficient (Wildman–Crippen LogP) is 2.75. The molecule has 2 aliphatic carbocycles. The van der Waals surface area contributed by atoms with E-state index in [-0.39, 0.29) is 42.1 Å². The van der Waals surface area contributed by atoms with Gasteiger partial charge in [0.25, 0.3) is 11.8 Å². The number of likely N-dealkylation sites (tertiary alicyclic amines) is 1. The zero-order valence-electron chi connectivity index (χ0n) is 24.8. The minimum atomic E-state index is -0.679. The van der Waals surface area contributed by atoms with Crippen LogP contribution in [0.2, 0.25) is 0 Å². The Bertz CT molecular complexity index is 1300. The summed E-state index contributed by atoms with van der Waals surface area (Å²) in [6.07, 6.45) is 9.75. The van der Waals surface area contributed by atoms with Crippen molar-refractivity contribution in [3.8, 4) is 0 Å². The molecule has 230 valence electrons. The number of fused-ring (bicyclic) bond motifs is 1. The number of β-amino-alcohol motifs (C(OH)–C–C–N with tert-alkyl or cyclic N) is 1. The average molecular weight is 590 g/mol. The van der Waals surface area contributed by atoms with E-state index in [4.69, 9.17) is 4.84 Å². The smallest absolute Gasteiger partial charge is 0.271 e. The molecule has 2 aliphatic heterocycles. The third-order valence-corrected chi connectivity index (χ3v) is 9.00. The van der Waals surface area contributed by atoms with Crippen LogP contribution in [0.1, 0.15) is 73.0 Å². The van der Waals surface area contributed by atoms with Crippen molar-refractivity contribution in [2.45, 2.75) is 82.6 Å². The number of hydrogen-bond acceptors (Lipinski definition) is 9. The van der Waals surface area contributed by atoms with E-state index in [1.54, 1.807) is 6.07 Å². The third-order valence-electron chi connectivity index (χ3n) is 9.00. The number of aromatic nitrogens is 2. The fourth-order valence-corrected chi connectivity index (χ4v) is 6.30. The number of amides is 2. The minimum absolute atomic E-state index is 0.00670. The maximum atomic E-state index is 13.2. The number of rotatable bonds is 11. The molecule has 11 nitrogen and oxygen atoms in total. The molecule has 2 amide bonds. The number of hydrogen-bond donors (Lipinski definition) is 3. The summed E-state index contributed by atoms with van der Waals surface area (Å²) in [4.78, 5) is 44.4. The summed E-state index contributed by atoms with van der Waals surface area (Å²) in [5.74, 6) is 0.467. The summed E-state index contributed by atoms with van der Waals surface area (Å²) < 4.78 is 0. The van der Waals surface area contributed by atoms with E-state index in [1.807, 2.05) is 11.0 Å². The normalized spacial score (nSPS) is 20.9. The van der Waals surface area contributed by atoms with Crippen molar-refractivity contribution in [2.24, 2.45) is 11.1 Å². The molecular weight excluding hydrogens is 546 g/mol. The van der Waals surface area contributed by atoms with Gasteiger partial charge >= 0.3 is 0 Å². The van der Waals surface area contributed by atoms with Crippen LogP contribution in [0, 0.1) is 5.92 Å². The van der Waals surface area contributed by atoms with Crippen molar-refractivity contribution in [1.82, 2.24) is 25.1 Å². The highest BCUT2D eigenvalue weighted by molar-refractivity contribution is 6.40. The highest BCUT2D eigenvalue weighted by atomic mass is 16.6. The van der Waals surface area contributed by atoms with Crippen molar-refractivity contribution in [2.75, 3.05) is 38.0 Å². The number of piperidine rings is 1. The van der Waals surface area contributed by atoms with Gasteiger partial charge in [-0.05, 0) is 68.9 Å². The van der Waals surface area contributed by atoms with Gasteiger partial charge in [-0.2, -0.15) is 0 Å². The van der Waals surface area contributed by atoms with E-state index < -0.39 is 6.10 Å². The van der Waals surface area contributed by atoms with Gasteiger partial charge in [-0.15, -0.1) is 0 Å². The number of nitrogens with zero attached hydrogens (tertiary/aromatic N) is 5. The van der Waals surface area contributed by atoms with Gasteiger partial charge in [-0.1, -0.05) is 29.4 Å². The van der Waals surface area contributed by atoms with Crippen LogP contribution >= 0.6 is 0 Å². The average Bonchev–Trinajstić information content (AvgIpc) is 3.73. The molecule has 6 rings (SSSR count). The quantitative estimate of drug-likeness (QED) is 0.269. The molecule has 1 aromatic carbocycles. The first-order valence-electron chi connectivity index (χ1n) is 15.9. The van der Waals surface area contributed by atoms with Crippen molar-refractivity contribution < 1.29 is 19.5 Å². The standard InChI is InChI=1S/C32H43N7O4/c40-26(20-38-14-11-22-5-1-2-6-24(22)19-38)18-33-31(41)28-17-29(35-21-34-28)36-25-12-15-39(16-13-25)32(42)30(23-9-10-23)37-43-27-7-3-4-8-27/h1-2,5-6,17,21,23,25-27,40H,3-4,7-16,18-20H2,(H,33,41)(H,34,35,36)/b37-30+/t26-/m0/s1. The lowest BCUT2D eigenvalue weighted by Crippen LogP contribution is -2.45. The molecule has 4 aliphatic rings. The summed E-state index contributed by atoms with van der Waals surface area (Å²) in [6.45, 7) is 3.59. The second kappa shape index (κ2) is 13.8. The van der Waals surface area contributed by atoms with Crippen LogP contribution in [0.4, 0.5) is 5.82 Å². The van der Waals surface area contributed by atoms with Crippen molar-refractivity contribution >= 4 is 23.3 Å². The first kappa shape index (κ1) is 29.5. The number of benzene rings is 1. The molecule has 43 heavy (non-hydrogen) atoms. The molecule has 11 heteroatoms. The predicted molar refractivity (Wildman–Crippen MR) is 163 cm³/mol. The molecule has 2 saturated carbocycles. The van der Waals surface area contributed by atoms with Gasteiger partial charge in [0, 0.05) is 57.3 Å². The summed E-state index contributed by atoms with van der Waals surface area (Å²) in [6, 6.07) is 10.2. The lowest BCUT2D eigenvalue weighted by Gasteiger charge is -2.32. The van der Waals surface area contributed by atoms with Crippen molar-refractivity contribution in [3.63, 3.8) is 0 Å². The molecule has 0 unspecified atom stereocenters. The maximum absolute atomic E-state index is 13.2. The number of carbonyl (C=O) groups is 2. The van der Waals surface area contributed by atoms with Gasteiger partial charge in [0.1, 0.15) is 29.7 Å². The zero-order valence-corrected chi connectivity index (χ0v) is 24.8. The van der Waals surface area contributed by atoms with E-state index in [1.165, 1.54) is 30.3 Å². The lowest BCUT2D eigenvalue weighted by atomic mass is 10.00. The summed E-state index contributed by atoms with van der Waals surface area (Å²) >= 11 is 0. The summed E-state index contributed by atoms with van der Waals surface area (Å²) in [5.41, 5.74) is 3.50. The number of aliphatic hydroxyl groups excluding tert-OH is 1. The molecule has 3 fully saturated rings. The Labute approximate surface area is 253 Å². The van der Waals surface area contributed by atoms with Gasteiger partial charge in [0.2, 0.25) is 0 Å². The molecule has 3 heterocycles. The largest absolute Gasteiger partial charge is 0.392 e.